The first-order chi connectivity index (χ1) is 9.60. The van der Waals surface area contributed by atoms with Gasteiger partial charge >= 0.3 is 0 Å². The van der Waals surface area contributed by atoms with Crippen molar-refractivity contribution >= 4 is 22.4 Å². The topological polar surface area (TPSA) is 105 Å². The molecule has 1 unspecified atom stereocenters. The number of hydrogen-bond donors (Lipinski definition) is 3. The van der Waals surface area contributed by atoms with Gasteiger partial charge in [-0.25, -0.2) is 5.84 Å². The zero-order chi connectivity index (χ0) is 14.5. The normalized spacial score (nSPS) is 20.1. The van der Waals surface area contributed by atoms with Gasteiger partial charge in [-0.05, 0) is 13.8 Å². The molecule has 20 heavy (non-hydrogen) atoms. The number of carbonyl (C=O) groups excluding carboxylic acids is 1. The van der Waals surface area contributed by atoms with Crippen LogP contribution in [-0.4, -0.2) is 52.8 Å². The average molecular weight is 300 g/mol. The number of ether oxygens (including phenoxy) is 1. The summed E-state index contributed by atoms with van der Waals surface area (Å²) in [5.74, 6) is 5.27. The number of anilines is 1. The van der Waals surface area contributed by atoms with E-state index in [0.29, 0.717) is 31.4 Å². The number of morpholine rings is 1. The fourth-order valence-corrected chi connectivity index (χ4v) is 2.67. The van der Waals surface area contributed by atoms with Crippen molar-refractivity contribution in [1.82, 2.24) is 20.4 Å². The smallest absolute Gasteiger partial charge is 0.239 e. The van der Waals surface area contributed by atoms with E-state index < -0.39 is 0 Å². The minimum atomic E-state index is -0.288. The third kappa shape index (κ3) is 3.85. The predicted molar refractivity (Wildman–Crippen MR) is 76.0 cm³/mol. The lowest BCUT2D eigenvalue weighted by atomic mass is 10.2. The number of hydrogen-bond acceptors (Lipinski definition) is 8. The second kappa shape index (κ2) is 6.93. The second-order valence-corrected chi connectivity index (χ2v) is 5.93. The van der Waals surface area contributed by atoms with Crippen molar-refractivity contribution in [2.45, 2.75) is 32.5 Å². The largest absolute Gasteiger partial charge is 0.378 e. The number of nitrogens with one attached hydrogen (secondary N) is 2. The number of nitrogen functional groups attached to an aromatic ring is 1. The fourth-order valence-electron chi connectivity index (χ4n) is 2.00. The lowest BCUT2D eigenvalue weighted by Crippen LogP contribution is -2.54. The van der Waals surface area contributed by atoms with Crippen LogP contribution in [0, 0.1) is 0 Å². The summed E-state index contributed by atoms with van der Waals surface area (Å²) in [6, 6.07) is -0.176. The van der Waals surface area contributed by atoms with Gasteiger partial charge < -0.3 is 10.1 Å². The molecule has 0 radical (unpaired) electrons. The molecule has 0 spiro atoms. The van der Waals surface area contributed by atoms with E-state index in [1.54, 1.807) is 0 Å². The molecule has 9 heteroatoms. The van der Waals surface area contributed by atoms with Gasteiger partial charge in [0.1, 0.15) is 11.0 Å². The van der Waals surface area contributed by atoms with E-state index in [0.717, 1.165) is 5.01 Å². The number of rotatable bonds is 5. The molecule has 1 aromatic rings. The first-order valence-electron chi connectivity index (χ1n) is 6.51. The van der Waals surface area contributed by atoms with Crippen LogP contribution in [-0.2, 0) is 16.1 Å². The Kier molecular flexibility index (Phi) is 5.24. The Morgan fingerprint density at radius 1 is 1.60 bits per heavy atom. The van der Waals surface area contributed by atoms with E-state index in [4.69, 9.17) is 10.6 Å². The quantitative estimate of drug-likeness (QED) is 0.499. The van der Waals surface area contributed by atoms with Gasteiger partial charge in [-0.15, -0.1) is 10.2 Å². The predicted octanol–water partition coefficient (Wildman–Crippen LogP) is -0.451. The molecule has 1 aliphatic rings. The highest BCUT2D eigenvalue weighted by molar-refractivity contribution is 7.15. The molecule has 1 atom stereocenters. The molecular weight excluding hydrogens is 280 g/mol. The minimum Gasteiger partial charge on any atom is -0.378 e. The summed E-state index contributed by atoms with van der Waals surface area (Å²) in [5, 5.41) is 12.2. The maximum atomic E-state index is 12.2. The van der Waals surface area contributed by atoms with Crippen LogP contribution < -0.4 is 16.6 Å². The second-order valence-electron chi connectivity index (χ2n) is 4.87. The SMILES string of the molecule is CC(C)NC(=O)C1COCCN1Cc1nnc(NN)s1. The van der Waals surface area contributed by atoms with Crippen LogP contribution >= 0.6 is 11.3 Å². The zero-order valence-corrected chi connectivity index (χ0v) is 12.4. The van der Waals surface area contributed by atoms with Gasteiger partial charge in [0.15, 0.2) is 0 Å². The van der Waals surface area contributed by atoms with Crippen LogP contribution in [0.3, 0.4) is 0 Å². The lowest BCUT2D eigenvalue weighted by Gasteiger charge is -2.34. The van der Waals surface area contributed by atoms with Crippen molar-refractivity contribution in [3.63, 3.8) is 0 Å². The van der Waals surface area contributed by atoms with E-state index in [1.807, 2.05) is 13.8 Å². The number of aromatic nitrogens is 2. The van der Waals surface area contributed by atoms with Crippen LogP contribution in [0.1, 0.15) is 18.9 Å². The Morgan fingerprint density at radius 3 is 3.05 bits per heavy atom. The van der Waals surface area contributed by atoms with Gasteiger partial charge in [-0.2, -0.15) is 0 Å². The third-order valence-corrected chi connectivity index (χ3v) is 3.74. The maximum absolute atomic E-state index is 12.2. The standard InChI is InChI=1S/C11H20N6O2S/c1-7(2)13-10(18)8-6-19-4-3-17(8)5-9-15-16-11(14-12)20-9/h7-8H,3-6,12H2,1-2H3,(H,13,18)(H,14,16). The van der Waals surface area contributed by atoms with Crippen molar-refractivity contribution in [2.75, 3.05) is 25.2 Å². The van der Waals surface area contributed by atoms with E-state index >= 15 is 0 Å². The van der Waals surface area contributed by atoms with E-state index in [-0.39, 0.29) is 18.0 Å². The Morgan fingerprint density at radius 2 is 2.40 bits per heavy atom. The molecule has 2 heterocycles. The Hall–Kier alpha value is -1.29. The van der Waals surface area contributed by atoms with Crippen LogP contribution in [0.25, 0.3) is 0 Å². The molecule has 1 amide bonds. The van der Waals surface area contributed by atoms with Crippen molar-refractivity contribution in [1.29, 1.82) is 0 Å². The molecule has 1 aliphatic heterocycles. The summed E-state index contributed by atoms with van der Waals surface area (Å²) in [4.78, 5) is 14.2. The fraction of sp³-hybridized carbons (Fsp3) is 0.727. The van der Waals surface area contributed by atoms with Gasteiger partial charge in [0.05, 0.1) is 19.8 Å². The minimum absolute atomic E-state index is 0.0126. The highest BCUT2D eigenvalue weighted by atomic mass is 32.1. The van der Waals surface area contributed by atoms with Crippen LogP contribution in [0.4, 0.5) is 5.13 Å². The first-order valence-corrected chi connectivity index (χ1v) is 7.33. The molecule has 2 rings (SSSR count). The summed E-state index contributed by atoms with van der Waals surface area (Å²) < 4.78 is 5.41. The number of hydrazine groups is 1. The zero-order valence-electron chi connectivity index (χ0n) is 11.6. The highest BCUT2D eigenvalue weighted by Crippen LogP contribution is 2.18. The first kappa shape index (κ1) is 15.1. The molecule has 112 valence electrons. The molecule has 0 aliphatic carbocycles. The molecule has 0 saturated carbocycles. The molecule has 4 N–H and O–H groups in total. The average Bonchev–Trinajstić information content (AvgIpc) is 2.86. The van der Waals surface area contributed by atoms with Crippen molar-refractivity contribution in [2.24, 2.45) is 5.84 Å². The van der Waals surface area contributed by atoms with Crippen molar-refractivity contribution < 1.29 is 9.53 Å². The Labute approximate surface area is 121 Å². The van der Waals surface area contributed by atoms with E-state index in [9.17, 15) is 4.79 Å². The molecule has 1 aromatic heterocycles. The highest BCUT2D eigenvalue weighted by Gasteiger charge is 2.30. The van der Waals surface area contributed by atoms with Crippen LogP contribution in [0.2, 0.25) is 0 Å². The monoisotopic (exact) mass is 300 g/mol. The maximum Gasteiger partial charge on any atom is 0.239 e. The summed E-state index contributed by atoms with van der Waals surface area (Å²) in [7, 11) is 0. The summed E-state index contributed by atoms with van der Waals surface area (Å²) >= 11 is 1.38. The van der Waals surface area contributed by atoms with Gasteiger partial charge in [-0.3, -0.25) is 15.1 Å². The summed E-state index contributed by atoms with van der Waals surface area (Å²) in [6.07, 6.45) is 0. The molecule has 1 saturated heterocycles. The van der Waals surface area contributed by atoms with Crippen molar-refractivity contribution in [3.05, 3.63) is 5.01 Å². The number of carbonyl (C=O) groups is 1. The van der Waals surface area contributed by atoms with Gasteiger partial charge in [-0.1, -0.05) is 11.3 Å². The van der Waals surface area contributed by atoms with Gasteiger partial charge in [0.25, 0.3) is 0 Å². The van der Waals surface area contributed by atoms with Gasteiger partial charge in [0, 0.05) is 12.6 Å². The van der Waals surface area contributed by atoms with E-state index in [2.05, 4.69) is 25.8 Å². The molecular formula is C11H20N6O2S. The number of amides is 1. The lowest BCUT2D eigenvalue weighted by molar-refractivity contribution is -0.133. The van der Waals surface area contributed by atoms with Crippen molar-refractivity contribution in [3.8, 4) is 0 Å². The number of nitrogens with zero attached hydrogens (tertiary/aromatic N) is 3. The summed E-state index contributed by atoms with van der Waals surface area (Å²) in [6.45, 7) is 6.16. The molecule has 8 nitrogen and oxygen atoms in total. The Bertz CT molecular complexity index is 452. The van der Waals surface area contributed by atoms with Crippen LogP contribution in [0.15, 0.2) is 0 Å². The molecule has 0 bridgehead atoms. The molecule has 1 fully saturated rings. The van der Waals surface area contributed by atoms with Crippen LogP contribution in [0.5, 0.6) is 0 Å². The summed E-state index contributed by atoms with van der Waals surface area (Å²) in [5.41, 5.74) is 2.47. The van der Waals surface area contributed by atoms with E-state index in [1.165, 1.54) is 11.3 Å². The third-order valence-electron chi connectivity index (χ3n) is 2.90. The van der Waals surface area contributed by atoms with Gasteiger partial charge in [0.2, 0.25) is 11.0 Å². The number of nitrogens with two attached hydrogens (primary N) is 1. The Balaban J connectivity index is 2.01. The molecule has 0 aromatic carbocycles.